The molecule has 0 bridgehead atoms. The van der Waals surface area contributed by atoms with Crippen molar-refractivity contribution in [2.75, 3.05) is 13.1 Å². The van der Waals surface area contributed by atoms with E-state index in [4.69, 9.17) is 23.2 Å². The fourth-order valence-electron chi connectivity index (χ4n) is 2.08. The number of aromatic nitrogens is 1. The number of hydrogen-bond donors (Lipinski definition) is 1. The maximum Gasteiger partial charge on any atom is 0.251 e. The molecule has 2 aromatic rings. The van der Waals surface area contributed by atoms with Crippen molar-refractivity contribution >= 4 is 35.0 Å². The third kappa shape index (κ3) is 5.22. The number of amides is 2. The van der Waals surface area contributed by atoms with Gasteiger partial charge in [0, 0.05) is 31.8 Å². The summed E-state index contributed by atoms with van der Waals surface area (Å²) in [5, 5.41) is 3.48. The molecule has 0 aliphatic rings. The van der Waals surface area contributed by atoms with Gasteiger partial charge in [0.2, 0.25) is 5.91 Å². The van der Waals surface area contributed by atoms with Gasteiger partial charge in [-0.3, -0.25) is 14.6 Å². The lowest BCUT2D eigenvalue weighted by Gasteiger charge is -2.20. The third-order valence-corrected chi connectivity index (χ3v) is 4.11. The van der Waals surface area contributed by atoms with E-state index in [0.29, 0.717) is 35.2 Å². The molecule has 24 heavy (non-hydrogen) atoms. The van der Waals surface area contributed by atoms with Gasteiger partial charge in [-0.15, -0.1) is 0 Å². The van der Waals surface area contributed by atoms with Crippen molar-refractivity contribution in [1.82, 2.24) is 15.2 Å². The SMILES string of the molecule is CC(=O)N(CCNC(=O)c1ccc(Cl)c(Cl)c1)Cc1ccccn1. The van der Waals surface area contributed by atoms with Crippen molar-refractivity contribution in [1.29, 1.82) is 0 Å². The summed E-state index contributed by atoms with van der Waals surface area (Å²) in [6.45, 7) is 2.60. The van der Waals surface area contributed by atoms with Gasteiger partial charge in [0.05, 0.1) is 22.3 Å². The Balaban J connectivity index is 1.89. The molecule has 5 nitrogen and oxygen atoms in total. The van der Waals surface area contributed by atoms with Gasteiger partial charge in [0.15, 0.2) is 0 Å². The number of halogens is 2. The van der Waals surface area contributed by atoms with Gasteiger partial charge < -0.3 is 10.2 Å². The van der Waals surface area contributed by atoms with Crippen molar-refractivity contribution in [2.45, 2.75) is 13.5 Å². The molecular formula is C17H17Cl2N3O2. The minimum atomic E-state index is -0.269. The maximum absolute atomic E-state index is 12.1. The van der Waals surface area contributed by atoms with Gasteiger partial charge in [-0.2, -0.15) is 0 Å². The number of nitrogens with zero attached hydrogens (tertiary/aromatic N) is 2. The van der Waals surface area contributed by atoms with Gasteiger partial charge in [0.1, 0.15) is 0 Å². The first kappa shape index (κ1) is 18.2. The van der Waals surface area contributed by atoms with Crippen LogP contribution < -0.4 is 5.32 Å². The van der Waals surface area contributed by atoms with Gasteiger partial charge in [-0.1, -0.05) is 29.3 Å². The van der Waals surface area contributed by atoms with Crippen LogP contribution >= 0.6 is 23.2 Å². The molecule has 1 heterocycles. The highest BCUT2D eigenvalue weighted by Gasteiger charge is 2.12. The van der Waals surface area contributed by atoms with Gasteiger partial charge in [0.25, 0.3) is 5.91 Å². The minimum Gasteiger partial charge on any atom is -0.350 e. The molecule has 0 spiro atoms. The van der Waals surface area contributed by atoms with Crippen molar-refractivity contribution in [3.8, 4) is 0 Å². The zero-order chi connectivity index (χ0) is 17.5. The van der Waals surface area contributed by atoms with Gasteiger partial charge in [-0.25, -0.2) is 0 Å². The molecule has 0 aliphatic carbocycles. The van der Waals surface area contributed by atoms with Crippen LogP contribution in [0.15, 0.2) is 42.6 Å². The number of carbonyl (C=O) groups is 2. The number of benzene rings is 1. The molecule has 1 N–H and O–H groups in total. The summed E-state index contributed by atoms with van der Waals surface area (Å²) in [6.07, 6.45) is 1.68. The zero-order valence-electron chi connectivity index (χ0n) is 13.1. The molecule has 0 aliphatic heterocycles. The second-order valence-corrected chi connectivity index (χ2v) is 5.96. The molecule has 1 aromatic heterocycles. The Kier molecular flexibility index (Phi) is 6.58. The van der Waals surface area contributed by atoms with Crippen molar-refractivity contribution < 1.29 is 9.59 Å². The Bertz CT molecular complexity index is 723. The molecule has 0 atom stereocenters. The quantitative estimate of drug-likeness (QED) is 0.854. The summed E-state index contributed by atoms with van der Waals surface area (Å²) in [6, 6.07) is 10.2. The summed E-state index contributed by atoms with van der Waals surface area (Å²) < 4.78 is 0. The molecule has 0 saturated heterocycles. The number of rotatable bonds is 6. The van der Waals surface area contributed by atoms with E-state index < -0.39 is 0 Å². The Morgan fingerprint density at radius 1 is 1.17 bits per heavy atom. The average Bonchev–Trinajstić information content (AvgIpc) is 2.57. The van der Waals surface area contributed by atoms with E-state index in [2.05, 4.69) is 10.3 Å². The zero-order valence-corrected chi connectivity index (χ0v) is 14.6. The number of nitrogens with one attached hydrogen (secondary N) is 1. The van der Waals surface area contributed by atoms with Crippen LogP contribution in [0.25, 0.3) is 0 Å². The van der Waals surface area contributed by atoms with Crippen LogP contribution in [0.1, 0.15) is 23.0 Å². The molecule has 2 rings (SSSR count). The Morgan fingerprint density at radius 3 is 2.58 bits per heavy atom. The third-order valence-electron chi connectivity index (χ3n) is 3.37. The lowest BCUT2D eigenvalue weighted by atomic mass is 10.2. The second kappa shape index (κ2) is 8.66. The number of pyridine rings is 1. The minimum absolute atomic E-state index is 0.0792. The lowest BCUT2D eigenvalue weighted by Crippen LogP contribution is -2.37. The predicted molar refractivity (Wildman–Crippen MR) is 94.1 cm³/mol. The molecule has 1 aromatic carbocycles. The van der Waals surface area contributed by atoms with Crippen LogP contribution in [0.5, 0.6) is 0 Å². The summed E-state index contributed by atoms with van der Waals surface area (Å²) in [5.41, 5.74) is 1.21. The van der Waals surface area contributed by atoms with E-state index in [1.807, 2.05) is 18.2 Å². The predicted octanol–water partition coefficient (Wildman–Crippen LogP) is 3.17. The first-order valence-corrected chi connectivity index (χ1v) is 8.11. The van der Waals surface area contributed by atoms with Crippen LogP contribution in [-0.4, -0.2) is 34.8 Å². The van der Waals surface area contributed by atoms with Crippen LogP contribution in [0.3, 0.4) is 0 Å². The van der Waals surface area contributed by atoms with Gasteiger partial charge >= 0.3 is 0 Å². The highest BCUT2D eigenvalue weighted by molar-refractivity contribution is 6.42. The van der Waals surface area contributed by atoms with E-state index in [0.717, 1.165) is 5.69 Å². The number of carbonyl (C=O) groups excluding carboxylic acids is 2. The molecule has 0 saturated carbocycles. The van der Waals surface area contributed by atoms with E-state index in [9.17, 15) is 9.59 Å². The first-order chi connectivity index (χ1) is 11.5. The highest BCUT2D eigenvalue weighted by Crippen LogP contribution is 2.22. The van der Waals surface area contributed by atoms with Crippen LogP contribution in [-0.2, 0) is 11.3 Å². The van der Waals surface area contributed by atoms with Crippen LogP contribution in [0, 0.1) is 0 Å². The summed E-state index contributed by atoms with van der Waals surface area (Å²) in [4.78, 5) is 29.6. The van der Waals surface area contributed by atoms with Crippen LogP contribution in [0.2, 0.25) is 10.0 Å². The molecular weight excluding hydrogens is 349 g/mol. The Labute approximate surface area is 150 Å². The Hall–Kier alpha value is -2.11. The smallest absolute Gasteiger partial charge is 0.251 e. The van der Waals surface area contributed by atoms with Crippen molar-refractivity contribution in [2.24, 2.45) is 0 Å². The summed E-state index contributed by atoms with van der Waals surface area (Å²) >= 11 is 11.7. The second-order valence-electron chi connectivity index (χ2n) is 5.15. The monoisotopic (exact) mass is 365 g/mol. The Morgan fingerprint density at radius 2 is 1.96 bits per heavy atom. The van der Waals surface area contributed by atoms with Crippen LogP contribution in [0.4, 0.5) is 0 Å². The number of hydrogen-bond acceptors (Lipinski definition) is 3. The fraction of sp³-hybridized carbons (Fsp3) is 0.235. The van der Waals surface area contributed by atoms with E-state index >= 15 is 0 Å². The normalized spacial score (nSPS) is 10.3. The standard InChI is InChI=1S/C17H17Cl2N3O2/c1-12(23)22(11-14-4-2-3-7-20-14)9-8-21-17(24)13-5-6-15(18)16(19)10-13/h2-7,10H,8-9,11H2,1H3,(H,21,24). The largest absolute Gasteiger partial charge is 0.350 e. The fourth-order valence-corrected chi connectivity index (χ4v) is 2.38. The van der Waals surface area contributed by atoms with Crippen molar-refractivity contribution in [3.05, 3.63) is 63.9 Å². The van der Waals surface area contributed by atoms with E-state index in [-0.39, 0.29) is 11.8 Å². The molecule has 2 amide bonds. The van der Waals surface area contributed by atoms with E-state index in [1.165, 1.54) is 13.0 Å². The topological polar surface area (TPSA) is 62.3 Å². The molecule has 0 unspecified atom stereocenters. The highest BCUT2D eigenvalue weighted by atomic mass is 35.5. The summed E-state index contributed by atoms with van der Waals surface area (Å²) in [5.74, 6) is -0.348. The van der Waals surface area contributed by atoms with Crippen molar-refractivity contribution in [3.63, 3.8) is 0 Å². The molecule has 7 heteroatoms. The molecule has 126 valence electrons. The van der Waals surface area contributed by atoms with Gasteiger partial charge in [-0.05, 0) is 30.3 Å². The summed E-state index contributed by atoms with van der Waals surface area (Å²) in [7, 11) is 0. The van der Waals surface area contributed by atoms with E-state index in [1.54, 1.807) is 23.2 Å². The molecule has 0 fully saturated rings. The molecule has 0 radical (unpaired) electrons. The first-order valence-electron chi connectivity index (χ1n) is 7.36. The maximum atomic E-state index is 12.1. The lowest BCUT2D eigenvalue weighted by molar-refractivity contribution is -0.129. The average molecular weight is 366 g/mol.